The highest BCUT2D eigenvalue weighted by atomic mass is 32.1. The smallest absolute Gasteiger partial charge is 0.237 e. The van der Waals surface area contributed by atoms with E-state index in [9.17, 15) is 9.59 Å². The minimum Gasteiger partial charge on any atom is -0.491 e. The van der Waals surface area contributed by atoms with Crippen LogP contribution in [-0.4, -0.2) is 92.4 Å². The molecule has 0 unspecified atom stereocenters. The van der Waals surface area contributed by atoms with Gasteiger partial charge in [0.05, 0.1) is 29.2 Å². The first kappa shape index (κ1) is 34.0. The lowest BCUT2D eigenvalue weighted by Crippen LogP contribution is -2.42. The Morgan fingerprint density at radius 2 is 1.94 bits per heavy atom. The van der Waals surface area contributed by atoms with E-state index < -0.39 is 0 Å². The maximum Gasteiger partial charge on any atom is 0.237 e. The Bertz CT molecular complexity index is 1860. The number of nitrogens with zero attached hydrogens (tertiary/aromatic N) is 7. The topological polar surface area (TPSA) is 147 Å². The van der Waals surface area contributed by atoms with Crippen LogP contribution >= 0.6 is 11.3 Å². The molecule has 13 heteroatoms. The number of nitrogens with two attached hydrogens (primary N) is 1. The van der Waals surface area contributed by atoms with Gasteiger partial charge < -0.3 is 20.3 Å². The zero-order chi connectivity index (χ0) is 34.7. The first-order valence-corrected chi connectivity index (χ1v) is 17.5. The van der Waals surface area contributed by atoms with Crippen molar-refractivity contribution in [3.05, 3.63) is 77.2 Å². The summed E-state index contributed by atoms with van der Waals surface area (Å²) in [5.41, 5.74) is 10.2. The van der Waals surface area contributed by atoms with E-state index in [0.29, 0.717) is 67.5 Å². The van der Waals surface area contributed by atoms with Gasteiger partial charge in [-0.1, -0.05) is 6.08 Å². The molecule has 2 aromatic heterocycles. The summed E-state index contributed by atoms with van der Waals surface area (Å²) >= 11 is 1.56. The highest BCUT2D eigenvalue weighted by molar-refractivity contribution is 7.16. The van der Waals surface area contributed by atoms with Gasteiger partial charge in [0.1, 0.15) is 17.1 Å². The fourth-order valence-corrected chi connectivity index (χ4v) is 7.20. The quantitative estimate of drug-likeness (QED) is 0.171. The molecule has 0 saturated carbocycles. The molecule has 1 atom stereocenters. The van der Waals surface area contributed by atoms with Gasteiger partial charge in [-0.2, -0.15) is 5.10 Å². The predicted molar refractivity (Wildman–Crippen MR) is 193 cm³/mol. The molecule has 1 fully saturated rings. The fraction of sp³-hybridized carbons (Fsp3) is 0.389. The van der Waals surface area contributed by atoms with Crippen molar-refractivity contribution in [3.8, 4) is 16.5 Å². The van der Waals surface area contributed by atoms with E-state index in [1.54, 1.807) is 39.5 Å². The van der Waals surface area contributed by atoms with Crippen LogP contribution in [0.2, 0.25) is 0 Å². The number of ether oxygens (including phenoxy) is 1. The number of hydrogen-bond donors (Lipinski definition) is 2. The van der Waals surface area contributed by atoms with Gasteiger partial charge in [-0.3, -0.25) is 24.6 Å². The SMILES string of the molecule is CCN(C(=O)[C@@H]1CCN(CC(=O)N2CC=C(c3ncc(-c4ncn(C)n4)s3)CC2)C1)c1ccc(N)c(C(=N)c2ccc(OC(C)C)cc2)c1. The van der Waals surface area contributed by atoms with Crippen molar-refractivity contribution in [3.63, 3.8) is 0 Å². The number of nitrogens with one attached hydrogen (secondary N) is 1. The molecule has 4 aromatic rings. The lowest BCUT2D eigenvalue weighted by molar-refractivity contribution is -0.132. The van der Waals surface area contributed by atoms with Crippen molar-refractivity contribution >= 4 is 45.8 Å². The summed E-state index contributed by atoms with van der Waals surface area (Å²) in [4.78, 5) is 42.6. The summed E-state index contributed by atoms with van der Waals surface area (Å²) in [7, 11) is 1.84. The third-order valence-corrected chi connectivity index (χ3v) is 9.93. The Kier molecular flexibility index (Phi) is 10.2. The Morgan fingerprint density at radius 3 is 2.61 bits per heavy atom. The molecular weight excluding hydrogens is 639 g/mol. The summed E-state index contributed by atoms with van der Waals surface area (Å²) in [5, 5.41) is 14.2. The molecule has 2 aromatic carbocycles. The molecule has 49 heavy (non-hydrogen) atoms. The molecule has 2 amide bonds. The third-order valence-electron chi connectivity index (χ3n) is 8.86. The molecule has 4 heterocycles. The Morgan fingerprint density at radius 1 is 1.14 bits per heavy atom. The minimum absolute atomic E-state index is 0.0177. The van der Waals surface area contributed by atoms with Crippen LogP contribution in [0.25, 0.3) is 16.3 Å². The number of thiazole rings is 1. The van der Waals surface area contributed by atoms with Crippen LogP contribution in [0.1, 0.15) is 49.7 Å². The third kappa shape index (κ3) is 7.73. The molecule has 1 saturated heterocycles. The standard InChI is InChI=1S/C36H43N9O3S/c1-5-45(27-8-11-30(37)29(18-27)33(38)24-6-9-28(10-7-24)48-23(2)3)36(47)26-12-15-43(20-26)21-32(46)44-16-13-25(14-17-44)35-39-19-31(49-35)34-40-22-42(4)41-34/h6-11,13,18-19,22-23,26,38H,5,12,14-17,20-21,37H2,1-4H3/t26-/m1/s1. The van der Waals surface area contributed by atoms with Gasteiger partial charge in [0.15, 0.2) is 5.82 Å². The molecule has 2 aliphatic rings. The number of aromatic nitrogens is 4. The fourth-order valence-electron chi connectivity index (χ4n) is 6.28. The molecular formula is C36H43N9O3S. The van der Waals surface area contributed by atoms with Crippen molar-refractivity contribution in [1.29, 1.82) is 5.41 Å². The summed E-state index contributed by atoms with van der Waals surface area (Å²) in [5.74, 6) is 1.27. The number of anilines is 2. The number of carbonyl (C=O) groups excluding carboxylic acids is 2. The van der Waals surface area contributed by atoms with Gasteiger partial charge in [0.2, 0.25) is 11.8 Å². The summed E-state index contributed by atoms with van der Waals surface area (Å²) in [6.45, 7) is 9.04. The number of likely N-dealkylation sites (tertiary alicyclic amines) is 1. The monoisotopic (exact) mass is 681 g/mol. The Hall–Kier alpha value is -4.88. The van der Waals surface area contributed by atoms with E-state index in [1.165, 1.54) is 0 Å². The van der Waals surface area contributed by atoms with Gasteiger partial charge in [-0.25, -0.2) is 9.97 Å². The number of amides is 2. The second kappa shape index (κ2) is 14.7. The van der Waals surface area contributed by atoms with E-state index in [-0.39, 0.29) is 36.1 Å². The molecule has 0 spiro atoms. The van der Waals surface area contributed by atoms with E-state index in [1.807, 2.05) is 69.1 Å². The van der Waals surface area contributed by atoms with E-state index in [4.69, 9.17) is 15.9 Å². The second-order valence-corrected chi connectivity index (χ2v) is 13.8. The lowest BCUT2D eigenvalue weighted by atomic mass is 9.99. The van der Waals surface area contributed by atoms with Crippen LogP contribution in [0.5, 0.6) is 5.75 Å². The van der Waals surface area contributed by atoms with Crippen LogP contribution in [0.4, 0.5) is 11.4 Å². The zero-order valence-corrected chi connectivity index (χ0v) is 29.2. The van der Waals surface area contributed by atoms with E-state index >= 15 is 0 Å². The molecule has 12 nitrogen and oxygen atoms in total. The number of hydrogen-bond acceptors (Lipinski definition) is 10. The van der Waals surface area contributed by atoms with E-state index in [2.05, 4.69) is 26.0 Å². The van der Waals surface area contributed by atoms with Crippen LogP contribution in [0, 0.1) is 11.3 Å². The molecule has 0 bridgehead atoms. The van der Waals surface area contributed by atoms with Crippen LogP contribution in [0.3, 0.4) is 0 Å². The van der Waals surface area contributed by atoms with Crippen molar-refractivity contribution < 1.29 is 14.3 Å². The largest absolute Gasteiger partial charge is 0.491 e. The summed E-state index contributed by atoms with van der Waals surface area (Å²) < 4.78 is 7.41. The maximum atomic E-state index is 13.8. The maximum absolute atomic E-state index is 13.8. The highest BCUT2D eigenvalue weighted by Gasteiger charge is 2.33. The number of benzene rings is 2. The molecule has 0 aliphatic carbocycles. The molecule has 6 rings (SSSR count). The Balaban J connectivity index is 1.04. The van der Waals surface area contributed by atoms with Crippen molar-refractivity contribution in [1.82, 2.24) is 29.5 Å². The Labute approximate surface area is 290 Å². The molecule has 2 aliphatic heterocycles. The average Bonchev–Trinajstić information content (AvgIpc) is 3.87. The number of rotatable bonds is 11. The number of carbonyl (C=O) groups is 2. The van der Waals surface area contributed by atoms with Gasteiger partial charge in [0.25, 0.3) is 0 Å². The van der Waals surface area contributed by atoms with E-state index in [0.717, 1.165) is 27.6 Å². The summed E-state index contributed by atoms with van der Waals surface area (Å²) in [6, 6.07) is 12.8. The van der Waals surface area contributed by atoms with Crippen molar-refractivity contribution in [2.24, 2.45) is 13.0 Å². The number of aryl methyl sites for hydroxylation is 1. The van der Waals surface area contributed by atoms with Crippen LogP contribution in [0.15, 0.2) is 61.1 Å². The van der Waals surface area contributed by atoms with Gasteiger partial charge in [-0.05, 0) is 88.2 Å². The van der Waals surface area contributed by atoms with Gasteiger partial charge in [0, 0.05) is 61.9 Å². The summed E-state index contributed by atoms with van der Waals surface area (Å²) in [6.07, 6.45) is 7.05. The average molecular weight is 682 g/mol. The lowest BCUT2D eigenvalue weighted by Gasteiger charge is -2.28. The predicted octanol–water partition coefficient (Wildman–Crippen LogP) is 4.71. The molecule has 256 valence electrons. The van der Waals surface area contributed by atoms with Crippen molar-refractivity contribution in [2.75, 3.05) is 49.9 Å². The first-order valence-electron chi connectivity index (χ1n) is 16.7. The van der Waals surface area contributed by atoms with Crippen molar-refractivity contribution in [2.45, 2.75) is 39.7 Å². The minimum atomic E-state index is -0.220. The normalized spacial score (nSPS) is 16.6. The van der Waals surface area contributed by atoms with Gasteiger partial charge in [-0.15, -0.1) is 11.3 Å². The molecule has 0 radical (unpaired) electrons. The van der Waals surface area contributed by atoms with Crippen LogP contribution < -0.4 is 15.4 Å². The molecule has 3 N–H and O–H groups in total. The number of nitrogen functional groups attached to an aromatic ring is 1. The second-order valence-electron chi connectivity index (χ2n) is 12.7. The highest BCUT2D eigenvalue weighted by Crippen LogP contribution is 2.31. The first-order chi connectivity index (χ1) is 23.6. The zero-order valence-electron chi connectivity index (χ0n) is 28.4. The van der Waals surface area contributed by atoms with Gasteiger partial charge >= 0.3 is 0 Å². The van der Waals surface area contributed by atoms with Crippen LogP contribution in [-0.2, 0) is 16.6 Å².